The summed E-state index contributed by atoms with van der Waals surface area (Å²) in [7, 11) is 0. The summed E-state index contributed by atoms with van der Waals surface area (Å²) in [5, 5.41) is 6.70. The van der Waals surface area contributed by atoms with Crippen molar-refractivity contribution < 1.29 is 9.53 Å². The van der Waals surface area contributed by atoms with Gasteiger partial charge in [-0.2, -0.15) is 5.10 Å². The van der Waals surface area contributed by atoms with E-state index >= 15 is 0 Å². The Labute approximate surface area is 128 Å². The van der Waals surface area contributed by atoms with Crippen molar-refractivity contribution in [3.63, 3.8) is 0 Å². The van der Waals surface area contributed by atoms with E-state index < -0.39 is 5.60 Å². The molecule has 0 saturated heterocycles. The van der Waals surface area contributed by atoms with Crippen molar-refractivity contribution in [1.29, 1.82) is 0 Å². The molecule has 118 valence electrons. The van der Waals surface area contributed by atoms with E-state index in [0.717, 1.165) is 23.8 Å². The Bertz CT molecular complexity index is 683. The molecule has 3 rings (SSSR count). The Morgan fingerprint density at radius 3 is 2.77 bits per heavy atom. The summed E-state index contributed by atoms with van der Waals surface area (Å²) in [6.07, 6.45) is 1.15. The van der Waals surface area contributed by atoms with Crippen molar-refractivity contribution in [2.24, 2.45) is 0 Å². The second-order valence-corrected chi connectivity index (χ2v) is 6.24. The van der Waals surface area contributed by atoms with Crippen molar-refractivity contribution >= 4 is 6.09 Å². The molecular weight excluding hydrogens is 284 g/mol. The predicted octanol–water partition coefficient (Wildman–Crippen LogP) is 1.94. The maximum absolute atomic E-state index is 12.2. The van der Waals surface area contributed by atoms with Gasteiger partial charge in [0.05, 0.1) is 24.5 Å². The van der Waals surface area contributed by atoms with Crippen LogP contribution in [-0.2, 0) is 24.4 Å². The zero-order valence-corrected chi connectivity index (χ0v) is 13.3. The fourth-order valence-corrected chi connectivity index (χ4v) is 2.55. The predicted molar refractivity (Wildman–Crippen MR) is 78.8 cm³/mol. The quantitative estimate of drug-likeness (QED) is 0.916. The Balaban J connectivity index is 1.83. The summed E-state index contributed by atoms with van der Waals surface area (Å²) in [5.41, 5.74) is 1.42. The van der Waals surface area contributed by atoms with Crippen LogP contribution < -0.4 is 0 Å². The monoisotopic (exact) mass is 304 g/mol. The van der Waals surface area contributed by atoms with Crippen LogP contribution in [-0.4, -0.2) is 41.3 Å². The van der Waals surface area contributed by atoms with Crippen LogP contribution in [0.1, 0.15) is 39.1 Å². The summed E-state index contributed by atoms with van der Waals surface area (Å²) in [6.45, 7) is 9.33. The van der Waals surface area contributed by atoms with E-state index in [2.05, 4.69) is 24.7 Å². The maximum Gasteiger partial charge on any atom is 0.410 e. The number of aromatic nitrogens is 5. The summed E-state index contributed by atoms with van der Waals surface area (Å²) < 4.78 is 7.48. The van der Waals surface area contributed by atoms with Gasteiger partial charge in [-0.1, -0.05) is 0 Å². The van der Waals surface area contributed by atoms with Crippen molar-refractivity contribution in [1.82, 2.24) is 29.6 Å². The smallest absolute Gasteiger partial charge is 0.410 e. The Kier molecular flexibility index (Phi) is 3.38. The van der Waals surface area contributed by atoms with Gasteiger partial charge in [-0.3, -0.25) is 10.00 Å². The third kappa shape index (κ3) is 2.56. The number of fused-ring (bicyclic) bond motifs is 1. The molecule has 0 spiro atoms. The van der Waals surface area contributed by atoms with Gasteiger partial charge in [0.15, 0.2) is 11.6 Å². The minimum absolute atomic E-state index is 0.311. The van der Waals surface area contributed by atoms with Gasteiger partial charge < -0.3 is 9.30 Å². The second kappa shape index (κ2) is 5.11. The fourth-order valence-electron chi connectivity index (χ4n) is 2.55. The molecule has 0 atom stereocenters. The molecule has 1 amide bonds. The molecule has 1 aliphatic heterocycles. The molecule has 0 radical (unpaired) electrons. The number of imidazole rings is 1. The number of ether oxygens (including phenoxy) is 1. The lowest BCUT2D eigenvalue weighted by Crippen LogP contribution is -2.33. The summed E-state index contributed by atoms with van der Waals surface area (Å²) >= 11 is 0. The largest absolute Gasteiger partial charge is 0.444 e. The number of nitrogens with zero attached hydrogens (tertiary/aromatic N) is 5. The van der Waals surface area contributed by atoms with E-state index in [1.54, 1.807) is 4.90 Å². The van der Waals surface area contributed by atoms with Gasteiger partial charge in [-0.05, 0) is 27.7 Å². The van der Waals surface area contributed by atoms with Crippen LogP contribution in [0.5, 0.6) is 0 Å². The molecule has 0 fully saturated rings. The average molecular weight is 304 g/mol. The van der Waals surface area contributed by atoms with Gasteiger partial charge in [0.2, 0.25) is 0 Å². The van der Waals surface area contributed by atoms with E-state index in [9.17, 15) is 4.79 Å². The molecule has 22 heavy (non-hydrogen) atoms. The summed E-state index contributed by atoms with van der Waals surface area (Å²) in [6, 6.07) is 0. The Morgan fingerprint density at radius 1 is 1.41 bits per heavy atom. The van der Waals surface area contributed by atoms with E-state index in [4.69, 9.17) is 4.74 Å². The van der Waals surface area contributed by atoms with Crippen molar-refractivity contribution in [2.75, 3.05) is 0 Å². The third-order valence-electron chi connectivity index (χ3n) is 3.43. The fraction of sp³-hybridized carbons (Fsp3) is 0.571. The van der Waals surface area contributed by atoms with Crippen molar-refractivity contribution in [2.45, 2.75) is 52.9 Å². The lowest BCUT2D eigenvalue weighted by molar-refractivity contribution is 0.0237. The number of nitrogens with one attached hydrogen (secondary N) is 1. The molecule has 1 N–H and O–H groups in total. The van der Waals surface area contributed by atoms with Crippen LogP contribution in [0.2, 0.25) is 0 Å². The first-order chi connectivity index (χ1) is 10.4. The van der Waals surface area contributed by atoms with Gasteiger partial charge in [0.25, 0.3) is 0 Å². The molecule has 8 nitrogen and oxygen atoms in total. The Hall–Kier alpha value is -2.38. The molecule has 2 aromatic rings. The highest BCUT2D eigenvalue weighted by molar-refractivity contribution is 5.69. The maximum atomic E-state index is 12.2. The van der Waals surface area contributed by atoms with Crippen LogP contribution in [0, 0.1) is 0 Å². The lowest BCUT2D eigenvalue weighted by Gasteiger charge is -2.24. The molecule has 0 unspecified atom stereocenters. The first-order valence-electron chi connectivity index (χ1n) is 7.31. The molecule has 0 aromatic carbocycles. The molecule has 2 aromatic heterocycles. The first-order valence-corrected chi connectivity index (χ1v) is 7.31. The number of H-pyrrole nitrogens is 1. The van der Waals surface area contributed by atoms with Gasteiger partial charge >= 0.3 is 6.09 Å². The number of carbonyl (C=O) groups is 1. The van der Waals surface area contributed by atoms with Gasteiger partial charge in [-0.25, -0.2) is 14.8 Å². The number of hydrogen-bond acceptors (Lipinski definition) is 5. The van der Waals surface area contributed by atoms with Gasteiger partial charge in [-0.15, -0.1) is 0 Å². The van der Waals surface area contributed by atoms with E-state index in [1.165, 1.54) is 6.33 Å². The molecule has 0 saturated carbocycles. The van der Waals surface area contributed by atoms with Gasteiger partial charge in [0, 0.05) is 6.54 Å². The standard InChI is InChI=1S/C14H20N6O2/c1-5-20-10-7-19(13(21)22-14(2,3)4)6-9(10)17-12(20)11-15-8-16-18-11/h8H,5-7H2,1-4H3,(H,15,16,18). The van der Waals surface area contributed by atoms with E-state index in [1.807, 2.05) is 27.7 Å². The number of carbonyl (C=O) groups excluding carboxylic acids is 1. The molecular formula is C14H20N6O2. The van der Waals surface area contributed by atoms with E-state index in [0.29, 0.717) is 18.9 Å². The normalized spacial score (nSPS) is 14.3. The zero-order chi connectivity index (χ0) is 15.9. The highest BCUT2D eigenvalue weighted by atomic mass is 16.6. The average Bonchev–Trinajstić information content (AvgIpc) is 3.11. The zero-order valence-electron chi connectivity index (χ0n) is 13.3. The molecule has 8 heteroatoms. The summed E-state index contributed by atoms with van der Waals surface area (Å²) in [5.74, 6) is 1.40. The van der Waals surface area contributed by atoms with Crippen LogP contribution in [0.4, 0.5) is 4.79 Å². The first kappa shape index (κ1) is 14.6. The van der Waals surface area contributed by atoms with Crippen LogP contribution >= 0.6 is 0 Å². The van der Waals surface area contributed by atoms with Gasteiger partial charge in [0.1, 0.15) is 11.9 Å². The van der Waals surface area contributed by atoms with Crippen molar-refractivity contribution in [3.05, 3.63) is 17.7 Å². The minimum atomic E-state index is -0.497. The minimum Gasteiger partial charge on any atom is -0.444 e. The molecule has 3 heterocycles. The second-order valence-electron chi connectivity index (χ2n) is 6.24. The lowest BCUT2D eigenvalue weighted by atomic mass is 10.2. The summed E-state index contributed by atoms with van der Waals surface area (Å²) in [4.78, 5) is 22.6. The van der Waals surface area contributed by atoms with Crippen LogP contribution in [0.25, 0.3) is 11.6 Å². The molecule has 0 aliphatic carbocycles. The van der Waals surface area contributed by atoms with Crippen LogP contribution in [0.15, 0.2) is 6.33 Å². The Morgan fingerprint density at radius 2 is 2.18 bits per heavy atom. The molecule has 1 aliphatic rings. The number of hydrogen-bond donors (Lipinski definition) is 1. The van der Waals surface area contributed by atoms with E-state index in [-0.39, 0.29) is 6.09 Å². The molecule has 0 bridgehead atoms. The highest BCUT2D eigenvalue weighted by Gasteiger charge is 2.32. The SMILES string of the molecule is CCn1c(-c2ncn[nH]2)nc2c1CN(C(=O)OC(C)(C)C)C2. The topological polar surface area (TPSA) is 88.9 Å². The third-order valence-corrected chi connectivity index (χ3v) is 3.43. The number of rotatable bonds is 2. The highest BCUT2D eigenvalue weighted by Crippen LogP contribution is 2.28. The number of aromatic amines is 1. The van der Waals surface area contributed by atoms with Crippen LogP contribution in [0.3, 0.4) is 0 Å². The van der Waals surface area contributed by atoms with Crippen molar-refractivity contribution in [3.8, 4) is 11.6 Å². The number of amides is 1.